The normalized spacial score (nSPS) is 10.9. The van der Waals surface area contributed by atoms with E-state index < -0.39 is 0 Å². The van der Waals surface area contributed by atoms with Crippen molar-refractivity contribution in [3.05, 3.63) is 87.9 Å². The van der Waals surface area contributed by atoms with Crippen molar-refractivity contribution in [1.82, 2.24) is 5.32 Å². The van der Waals surface area contributed by atoms with Gasteiger partial charge in [-0.2, -0.15) is 0 Å². The van der Waals surface area contributed by atoms with Gasteiger partial charge >= 0.3 is 0 Å². The second-order valence-electron chi connectivity index (χ2n) is 8.62. The van der Waals surface area contributed by atoms with E-state index in [1.165, 1.54) is 0 Å². The van der Waals surface area contributed by atoms with Crippen molar-refractivity contribution < 1.29 is 14.3 Å². The average molecular weight is 540 g/mol. The molecule has 34 heavy (non-hydrogen) atoms. The number of ether oxygens (including phenoxy) is 1. The van der Waals surface area contributed by atoms with Gasteiger partial charge in [0.2, 0.25) is 0 Å². The molecule has 3 rings (SSSR count). The average Bonchev–Trinajstić information content (AvgIpc) is 2.78. The third-order valence-electron chi connectivity index (χ3n) is 5.03. The van der Waals surface area contributed by atoms with Crippen LogP contribution in [0.25, 0.3) is 0 Å². The van der Waals surface area contributed by atoms with Crippen LogP contribution in [-0.2, 0) is 5.41 Å². The van der Waals surface area contributed by atoms with Crippen molar-refractivity contribution in [1.29, 1.82) is 0 Å². The second kappa shape index (κ2) is 10.8. The zero-order chi connectivity index (χ0) is 24.9. The van der Waals surface area contributed by atoms with Gasteiger partial charge in [-0.3, -0.25) is 14.9 Å². The van der Waals surface area contributed by atoms with E-state index in [0.717, 1.165) is 5.56 Å². The summed E-state index contributed by atoms with van der Waals surface area (Å²) in [5, 5.41) is 8.64. The summed E-state index contributed by atoms with van der Waals surface area (Å²) >= 11 is 8.64. The fraction of sp³-hybridized carbons (Fsp3) is 0.192. The highest BCUT2D eigenvalue weighted by Crippen LogP contribution is 2.26. The quantitative estimate of drug-likeness (QED) is 0.339. The number of methoxy groups -OCH3 is 1. The van der Waals surface area contributed by atoms with E-state index in [-0.39, 0.29) is 22.3 Å². The third kappa shape index (κ3) is 6.65. The molecule has 0 saturated carbocycles. The molecule has 0 aromatic heterocycles. The predicted octanol–water partition coefficient (Wildman–Crippen LogP) is 6.13. The maximum absolute atomic E-state index is 12.7. The molecule has 0 aliphatic rings. The van der Waals surface area contributed by atoms with Crippen molar-refractivity contribution >= 4 is 56.4 Å². The van der Waals surface area contributed by atoms with Crippen LogP contribution in [0.1, 0.15) is 47.1 Å². The molecule has 0 fully saturated rings. The van der Waals surface area contributed by atoms with Crippen molar-refractivity contribution in [2.75, 3.05) is 17.7 Å². The standard InChI is InChI=1S/C26H26BrN3O3S/c1-26(2,3)18-11-8-16(9-12-18)23(31)28-19-6-5-7-20(15-19)29-25(34)30-24(32)17-10-13-22(33-4)21(27)14-17/h5-15H,1-4H3,(H,28,31)(H2,29,30,32,34). The molecule has 176 valence electrons. The second-order valence-corrected chi connectivity index (χ2v) is 9.88. The molecular formula is C26H26BrN3O3S. The van der Waals surface area contributed by atoms with Gasteiger partial charge in [-0.05, 0) is 87.7 Å². The highest BCUT2D eigenvalue weighted by molar-refractivity contribution is 9.10. The summed E-state index contributed by atoms with van der Waals surface area (Å²) < 4.78 is 5.84. The molecule has 0 aliphatic carbocycles. The number of carbonyl (C=O) groups is 2. The van der Waals surface area contributed by atoms with Crippen LogP contribution in [-0.4, -0.2) is 24.0 Å². The summed E-state index contributed by atoms with van der Waals surface area (Å²) in [5.41, 5.74) is 3.40. The summed E-state index contributed by atoms with van der Waals surface area (Å²) in [6, 6.07) is 19.7. The number of halogens is 1. The Labute approximate surface area is 213 Å². The van der Waals surface area contributed by atoms with Crippen LogP contribution in [0.2, 0.25) is 0 Å². The molecule has 0 unspecified atom stereocenters. The molecule has 0 radical (unpaired) electrons. The van der Waals surface area contributed by atoms with E-state index in [4.69, 9.17) is 17.0 Å². The number of benzene rings is 3. The first kappa shape index (κ1) is 25.4. The van der Waals surface area contributed by atoms with Gasteiger partial charge in [0.1, 0.15) is 5.75 Å². The predicted molar refractivity (Wildman–Crippen MR) is 144 cm³/mol. The molecule has 3 aromatic rings. The van der Waals surface area contributed by atoms with Gasteiger partial charge in [-0.25, -0.2) is 0 Å². The van der Waals surface area contributed by atoms with E-state index in [0.29, 0.717) is 32.7 Å². The van der Waals surface area contributed by atoms with Crippen LogP contribution >= 0.6 is 28.1 Å². The van der Waals surface area contributed by atoms with Gasteiger partial charge in [0.05, 0.1) is 11.6 Å². The van der Waals surface area contributed by atoms with Crippen molar-refractivity contribution in [2.24, 2.45) is 0 Å². The minimum atomic E-state index is -0.357. The Bertz CT molecular complexity index is 1220. The maximum atomic E-state index is 12.7. The molecule has 6 nitrogen and oxygen atoms in total. The fourth-order valence-electron chi connectivity index (χ4n) is 3.14. The number of thiocarbonyl (C=S) groups is 1. The Morgan fingerprint density at radius 1 is 0.853 bits per heavy atom. The van der Waals surface area contributed by atoms with Crippen molar-refractivity contribution in [3.8, 4) is 5.75 Å². The number of hydrogen-bond donors (Lipinski definition) is 3. The Balaban J connectivity index is 1.61. The largest absolute Gasteiger partial charge is 0.496 e. The van der Waals surface area contributed by atoms with Crippen LogP contribution in [0.3, 0.4) is 0 Å². The lowest BCUT2D eigenvalue weighted by Crippen LogP contribution is -2.34. The zero-order valence-corrected chi connectivity index (χ0v) is 21.8. The fourth-order valence-corrected chi connectivity index (χ4v) is 3.90. The molecule has 3 N–H and O–H groups in total. The van der Waals surface area contributed by atoms with Gasteiger partial charge in [0.25, 0.3) is 11.8 Å². The molecule has 2 amide bonds. The monoisotopic (exact) mass is 539 g/mol. The molecule has 0 heterocycles. The summed E-state index contributed by atoms with van der Waals surface area (Å²) in [5.74, 6) is 0.0591. The van der Waals surface area contributed by atoms with Crippen LogP contribution < -0.4 is 20.7 Å². The van der Waals surface area contributed by atoms with Gasteiger partial charge in [-0.1, -0.05) is 39.0 Å². The zero-order valence-electron chi connectivity index (χ0n) is 19.4. The molecule has 0 aliphatic heterocycles. The SMILES string of the molecule is COc1ccc(C(=O)NC(=S)Nc2cccc(NC(=O)c3ccc(C(C)(C)C)cc3)c2)cc1Br. The number of anilines is 2. The van der Waals surface area contributed by atoms with E-state index in [2.05, 4.69) is 52.7 Å². The number of carbonyl (C=O) groups excluding carboxylic acids is 2. The van der Waals surface area contributed by atoms with E-state index >= 15 is 0 Å². The van der Waals surface area contributed by atoms with E-state index in [1.54, 1.807) is 49.6 Å². The first-order valence-corrected chi connectivity index (χ1v) is 11.7. The van der Waals surface area contributed by atoms with Crippen LogP contribution in [0, 0.1) is 0 Å². The van der Waals surface area contributed by atoms with Gasteiger partial charge in [0.15, 0.2) is 5.11 Å². The van der Waals surface area contributed by atoms with Gasteiger partial charge in [-0.15, -0.1) is 0 Å². The van der Waals surface area contributed by atoms with E-state index in [1.807, 2.05) is 24.3 Å². The molecule has 0 spiro atoms. The van der Waals surface area contributed by atoms with Crippen LogP contribution in [0.15, 0.2) is 71.2 Å². The van der Waals surface area contributed by atoms with Crippen molar-refractivity contribution in [3.63, 3.8) is 0 Å². The topological polar surface area (TPSA) is 79.5 Å². The number of rotatable bonds is 5. The first-order valence-electron chi connectivity index (χ1n) is 10.5. The summed E-state index contributed by atoms with van der Waals surface area (Å²) in [6.07, 6.45) is 0. The lowest BCUT2D eigenvalue weighted by Gasteiger charge is -2.19. The summed E-state index contributed by atoms with van der Waals surface area (Å²) in [7, 11) is 1.55. The molecular weight excluding hydrogens is 514 g/mol. The molecule has 8 heteroatoms. The minimum Gasteiger partial charge on any atom is -0.496 e. The Hall–Kier alpha value is -3.23. The number of amides is 2. The number of hydrogen-bond acceptors (Lipinski definition) is 4. The molecule has 0 atom stereocenters. The molecule has 0 bridgehead atoms. The van der Waals surface area contributed by atoms with Gasteiger partial charge < -0.3 is 15.4 Å². The number of nitrogens with one attached hydrogen (secondary N) is 3. The lowest BCUT2D eigenvalue weighted by molar-refractivity contribution is 0.0976. The molecule has 0 saturated heterocycles. The smallest absolute Gasteiger partial charge is 0.257 e. The van der Waals surface area contributed by atoms with Crippen LogP contribution in [0.5, 0.6) is 5.75 Å². The Kier molecular flexibility index (Phi) is 8.06. The highest BCUT2D eigenvalue weighted by Gasteiger charge is 2.15. The molecule has 3 aromatic carbocycles. The van der Waals surface area contributed by atoms with Crippen LogP contribution in [0.4, 0.5) is 11.4 Å². The highest BCUT2D eigenvalue weighted by atomic mass is 79.9. The summed E-state index contributed by atoms with van der Waals surface area (Å²) in [6.45, 7) is 6.39. The summed E-state index contributed by atoms with van der Waals surface area (Å²) in [4.78, 5) is 25.2. The Morgan fingerprint density at radius 2 is 1.47 bits per heavy atom. The van der Waals surface area contributed by atoms with Gasteiger partial charge in [0, 0.05) is 22.5 Å². The first-order chi connectivity index (χ1) is 16.1. The van der Waals surface area contributed by atoms with E-state index in [9.17, 15) is 9.59 Å². The lowest BCUT2D eigenvalue weighted by atomic mass is 9.87. The maximum Gasteiger partial charge on any atom is 0.257 e. The third-order valence-corrected chi connectivity index (χ3v) is 5.86. The van der Waals surface area contributed by atoms with Crippen molar-refractivity contribution in [2.45, 2.75) is 26.2 Å². The Morgan fingerprint density at radius 3 is 2.06 bits per heavy atom. The minimum absolute atomic E-state index is 0.0206.